The Hall–Kier alpha value is -3.09. The molecule has 1 aliphatic heterocycles. The summed E-state index contributed by atoms with van der Waals surface area (Å²) in [7, 11) is 0. The molecule has 1 fully saturated rings. The summed E-state index contributed by atoms with van der Waals surface area (Å²) >= 11 is 0. The molecule has 26 heavy (non-hydrogen) atoms. The van der Waals surface area contributed by atoms with Gasteiger partial charge in [-0.1, -0.05) is 24.3 Å². The number of nitrogens with one attached hydrogen (secondary N) is 2. The number of nitrogens with zero attached hydrogens (tertiary/aromatic N) is 1. The average Bonchev–Trinajstić information content (AvgIpc) is 3.32. The Morgan fingerprint density at radius 2 is 2.12 bits per heavy atom. The van der Waals surface area contributed by atoms with Gasteiger partial charge in [0.05, 0.1) is 12.3 Å². The summed E-state index contributed by atoms with van der Waals surface area (Å²) in [6.45, 7) is 1.46. The van der Waals surface area contributed by atoms with Gasteiger partial charge in [-0.25, -0.2) is 4.79 Å². The molecule has 1 aromatic heterocycles. The van der Waals surface area contributed by atoms with Gasteiger partial charge in [0, 0.05) is 0 Å². The van der Waals surface area contributed by atoms with Crippen molar-refractivity contribution in [1.82, 2.24) is 15.5 Å². The fourth-order valence-electron chi connectivity index (χ4n) is 3.77. The molecule has 134 valence electrons. The van der Waals surface area contributed by atoms with Gasteiger partial charge in [-0.15, -0.1) is 0 Å². The van der Waals surface area contributed by atoms with Crippen molar-refractivity contribution in [3.05, 3.63) is 59.5 Å². The van der Waals surface area contributed by atoms with Crippen LogP contribution in [0.3, 0.4) is 0 Å². The van der Waals surface area contributed by atoms with Crippen molar-refractivity contribution < 1.29 is 18.8 Å². The van der Waals surface area contributed by atoms with Crippen LogP contribution in [-0.2, 0) is 21.5 Å². The van der Waals surface area contributed by atoms with E-state index in [1.54, 1.807) is 19.1 Å². The smallest absolute Gasteiger partial charge is 0.325 e. The molecule has 2 aromatic rings. The number of amides is 4. The molecule has 2 aliphatic rings. The predicted octanol–water partition coefficient (Wildman–Crippen LogP) is 1.85. The van der Waals surface area contributed by atoms with Gasteiger partial charge in [-0.05, 0) is 43.0 Å². The Kier molecular flexibility index (Phi) is 3.79. The Morgan fingerprint density at radius 1 is 1.31 bits per heavy atom. The third-order valence-corrected chi connectivity index (χ3v) is 5.07. The number of fused-ring (bicyclic) bond motifs is 2. The molecule has 0 unspecified atom stereocenters. The summed E-state index contributed by atoms with van der Waals surface area (Å²) in [4.78, 5) is 38.7. The Balaban J connectivity index is 1.49. The Bertz CT molecular complexity index is 877. The zero-order chi connectivity index (χ0) is 18.3. The van der Waals surface area contributed by atoms with E-state index in [-0.39, 0.29) is 18.5 Å². The molecular formula is C19H19N3O4. The number of aryl methyl sites for hydroxylation is 1. The van der Waals surface area contributed by atoms with Crippen molar-refractivity contribution in [3.63, 3.8) is 0 Å². The van der Waals surface area contributed by atoms with E-state index in [1.165, 1.54) is 6.26 Å². The average molecular weight is 353 g/mol. The lowest BCUT2D eigenvalue weighted by Crippen LogP contribution is -2.44. The van der Waals surface area contributed by atoms with Gasteiger partial charge < -0.3 is 15.1 Å². The van der Waals surface area contributed by atoms with Gasteiger partial charge >= 0.3 is 6.03 Å². The lowest BCUT2D eigenvalue weighted by molar-refractivity contribution is -0.135. The molecule has 1 spiro atoms. The second-order valence-electron chi connectivity index (χ2n) is 6.69. The van der Waals surface area contributed by atoms with E-state index < -0.39 is 17.5 Å². The molecule has 0 radical (unpaired) electrons. The van der Waals surface area contributed by atoms with E-state index in [4.69, 9.17) is 4.42 Å². The number of imide groups is 1. The maximum absolute atomic E-state index is 13.0. The number of carbonyl (C=O) groups excluding carboxylic acids is 3. The normalized spacial score (nSPS) is 22.4. The minimum Gasteiger partial charge on any atom is -0.467 e. The van der Waals surface area contributed by atoms with Crippen molar-refractivity contribution in [1.29, 1.82) is 0 Å². The highest BCUT2D eigenvalue weighted by Gasteiger charge is 2.55. The third kappa shape index (κ3) is 2.47. The van der Waals surface area contributed by atoms with E-state index in [0.717, 1.165) is 22.4 Å². The molecule has 7 heteroatoms. The molecule has 2 atom stereocenters. The molecule has 7 nitrogen and oxygen atoms in total. The molecule has 4 amide bonds. The second kappa shape index (κ2) is 6.01. The zero-order valence-corrected chi connectivity index (χ0v) is 14.3. The van der Waals surface area contributed by atoms with E-state index in [1.807, 2.05) is 24.3 Å². The fraction of sp³-hybridized carbons (Fsp3) is 0.316. The summed E-state index contributed by atoms with van der Waals surface area (Å²) < 4.78 is 5.25. The van der Waals surface area contributed by atoms with Crippen LogP contribution < -0.4 is 10.6 Å². The van der Waals surface area contributed by atoms with Gasteiger partial charge in [0.1, 0.15) is 17.8 Å². The first-order valence-electron chi connectivity index (χ1n) is 8.56. The number of benzene rings is 1. The van der Waals surface area contributed by atoms with Crippen LogP contribution in [0.1, 0.15) is 36.3 Å². The van der Waals surface area contributed by atoms with Crippen LogP contribution in [0.5, 0.6) is 0 Å². The molecule has 0 saturated carbocycles. The molecule has 0 bridgehead atoms. The van der Waals surface area contributed by atoms with Crippen molar-refractivity contribution in [3.8, 4) is 0 Å². The van der Waals surface area contributed by atoms with Gasteiger partial charge in [0.25, 0.3) is 5.91 Å². The molecule has 1 aromatic carbocycles. The van der Waals surface area contributed by atoms with E-state index in [2.05, 4.69) is 10.6 Å². The first kappa shape index (κ1) is 16.4. The van der Waals surface area contributed by atoms with Crippen molar-refractivity contribution in [2.45, 2.75) is 31.3 Å². The highest BCUT2D eigenvalue weighted by molar-refractivity contribution is 6.09. The van der Waals surface area contributed by atoms with Gasteiger partial charge in [-0.2, -0.15) is 0 Å². The lowest BCUT2D eigenvalue weighted by atomic mass is 9.92. The molecule has 1 aliphatic carbocycles. The minimum atomic E-state index is -1.04. The number of carbonyl (C=O) groups is 3. The number of hydrogen-bond acceptors (Lipinski definition) is 4. The van der Waals surface area contributed by atoms with E-state index in [9.17, 15) is 14.4 Å². The monoisotopic (exact) mass is 353 g/mol. The van der Waals surface area contributed by atoms with Crippen LogP contribution in [0, 0.1) is 0 Å². The van der Waals surface area contributed by atoms with Crippen molar-refractivity contribution in [2.24, 2.45) is 0 Å². The number of furan rings is 1. The first-order chi connectivity index (χ1) is 12.5. The number of hydrogen-bond donors (Lipinski definition) is 2. The van der Waals surface area contributed by atoms with Gasteiger partial charge in [0.2, 0.25) is 5.91 Å². The standard InChI is InChI=1S/C19H19N3O4/c1-12(15-7-4-10-26-15)20-16(23)11-22-17(24)19(21-18(22)25)9-8-13-5-2-3-6-14(13)19/h2-7,10,12H,8-9,11H2,1H3,(H,20,23)(H,21,25)/t12-,19-/m0/s1. The van der Waals surface area contributed by atoms with Gasteiger partial charge in [-0.3, -0.25) is 14.5 Å². The van der Waals surface area contributed by atoms with E-state index >= 15 is 0 Å². The highest BCUT2D eigenvalue weighted by Crippen LogP contribution is 2.41. The third-order valence-electron chi connectivity index (χ3n) is 5.07. The largest absolute Gasteiger partial charge is 0.467 e. The van der Waals surface area contributed by atoms with Gasteiger partial charge in [0.15, 0.2) is 0 Å². The predicted molar refractivity (Wildman–Crippen MR) is 92.0 cm³/mol. The van der Waals surface area contributed by atoms with Crippen LogP contribution in [0.2, 0.25) is 0 Å². The topological polar surface area (TPSA) is 91.7 Å². The summed E-state index contributed by atoms with van der Waals surface area (Å²) in [5.74, 6) is -0.175. The van der Waals surface area contributed by atoms with Crippen molar-refractivity contribution in [2.75, 3.05) is 6.54 Å². The summed E-state index contributed by atoms with van der Waals surface area (Å²) in [6, 6.07) is 10.2. The lowest BCUT2D eigenvalue weighted by Gasteiger charge is -2.22. The Morgan fingerprint density at radius 3 is 2.88 bits per heavy atom. The minimum absolute atomic E-state index is 0.320. The second-order valence-corrected chi connectivity index (χ2v) is 6.69. The quantitative estimate of drug-likeness (QED) is 0.821. The van der Waals surface area contributed by atoms with Crippen LogP contribution in [0.4, 0.5) is 4.79 Å². The van der Waals surface area contributed by atoms with Crippen LogP contribution in [0.25, 0.3) is 0 Å². The number of rotatable bonds is 4. The molecule has 2 heterocycles. The molecule has 1 saturated heterocycles. The number of urea groups is 1. The first-order valence-corrected chi connectivity index (χ1v) is 8.56. The summed E-state index contributed by atoms with van der Waals surface area (Å²) in [6.07, 6.45) is 2.76. The maximum atomic E-state index is 13.0. The SMILES string of the molecule is C[C@H](NC(=O)CN1C(=O)N[C@]2(CCc3ccccc32)C1=O)c1ccco1. The van der Waals surface area contributed by atoms with Crippen LogP contribution >= 0.6 is 0 Å². The van der Waals surface area contributed by atoms with E-state index in [0.29, 0.717) is 12.2 Å². The molecular weight excluding hydrogens is 334 g/mol. The molecule has 4 rings (SSSR count). The van der Waals surface area contributed by atoms with Crippen LogP contribution in [0.15, 0.2) is 47.1 Å². The van der Waals surface area contributed by atoms with Crippen molar-refractivity contribution >= 4 is 17.8 Å². The fourth-order valence-corrected chi connectivity index (χ4v) is 3.77. The highest BCUT2D eigenvalue weighted by atomic mass is 16.3. The zero-order valence-electron chi connectivity index (χ0n) is 14.3. The summed E-state index contributed by atoms with van der Waals surface area (Å²) in [5, 5.41) is 5.55. The molecule has 2 N–H and O–H groups in total. The maximum Gasteiger partial charge on any atom is 0.325 e. The van der Waals surface area contributed by atoms with Crippen LogP contribution in [-0.4, -0.2) is 29.3 Å². The summed E-state index contributed by atoms with van der Waals surface area (Å²) in [5.41, 5.74) is 0.838. The Labute approximate surface area is 150 Å².